The van der Waals surface area contributed by atoms with Crippen LogP contribution in [0.1, 0.15) is 5.56 Å². The Kier molecular flexibility index (Phi) is 3.83. The number of benzene rings is 1. The Morgan fingerprint density at radius 3 is 3.08 bits per heavy atom. The molecular formula is C15H13N5O3S. The second-order valence-electron chi connectivity index (χ2n) is 5.12. The molecule has 24 heavy (non-hydrogen) atoms. The zero-order chi connectivity index (χ0) is 16.4. The quantitative estimate of drug-likeness (QED) is 0.754. The van der Waals surface area contributed by atoms with Crippen molar-refractivity contribution < 1.29 is 14.3 Å². The molecule has 0 fully saturated rings. The summed E-state index contributed by atoms with van der Waals surface area (Å²) >= 11 is 1.56. The second-order valence-corrected chi connectivity index (χ2v) is 5.90. The van der Waals surface area contributed by atoms with E-state index in [1.54, 1.807) is 11.3 Å². The number of amides is 1. The monoisotopic (exact) mass is 343 g/mol. The zero-order valence-corrected chi connectivity index (χ0v) is 13.3. The predicted octanol–water partition coefficient (Wildman–Crippen LogP) is 1.45. The van der Waals surface area contributed by atoms with Gasteiger partial charge in [-0.2, -0.15) is 16.1 Å². The van der Waals surface area contributed by atoms with Crippen LogP contribution in [0.4, 0.5) is 0 Å². The first-order valence-electron chi connectivity index (χ1n) is 7.23. The van der Waals surface area contributed by atoms with E-state index in [-0.39, 0.29) is 19.2 Å². The molecule has 1 aromatic carbocycles. The van der Waals surface area contributed by atoms with Crippen LogP contribution < -0.4 is 14.8 Å². The normalized spacial score (nSPS) is 12.3. The third-order valence-corrected chi connectivity index (χ3v) is 4.13. The lowest BCUT2D eigenvalue weighted by Crippen LogP contribution is -2.28. The third-order valence-electron chi connectivity index (χ3n) is 3.44. The molecule has 1 amide bonds. The number of hydrogen-bond donors (Lipinski definition) is 1. The molecule has 4 rings (SSSR count). The number of rotatable bonds is 5. The molecule has 122 valence electrons. The summed E-state index contributed by atoms with van der Waals surface area (Å²) in [6.45, 7) is 0.638. The van der Waals surface area contributed by atoms with E-state index in [9.17, 15) is 4.79 Å². The molecule has 0 saturated carbocycles. The fourth-order valence-electron chi connectivity index (χ4n) is 2.25. The van der Waals surface area contributed by atoms with Crippen molar-refractivity contribution >= 4 is 17.2 Å². The number of carbonyl (C=O) groups is 1. The zero-order valence-electron chi connectivity index (χ0n) is 12.5. The molecule has 9 heteroatoms. The first-order valence-corrected chi connectivity index (χ1v) is 8.18. The van der Waals surface area contributed by atoms with Gasteiger partial charge in [-0.3, -0.25) is 4.79 Å². The number of nitrogens with zero attached hydrogens (tertiary/aromatic N) is 4. The number of aromatic nitrogens is 4. The third kappa shape index (κ3) is 3.06. The molecule has 0 saturated heterocycles. The van der Waals surface area contributed by atoms with Gasteiger partial charge in [0.2, 0.25) is 18.5 Å². The van der Waals surface area contributed by atoms with Crippen LogP contribution in [0.3, 0.4) is 0 Å². The lowest BCUT2D eigenvalue weighted by atomic mass is 10.2. The minimum absolute atomic E-state index is 0.0156. The van der Waals surface area contributed by atoms with Crippen molar-refractivity contribution in [3.8, 4) is 22.9 Å². The van der Waals surface area contributed by atoms with Crippen molar-refractivity contribution in [2.45, 2.75) is 13.1 Å². The summed E-state index contributed by atoms with van der Waals surface area (Å²) in [4.78, 5) is 13.3. The average Bonchev–Trinajstić information content (AvgIpc) is 3.32. The van der Waals surface area contributed by atoms with Gasteiger partial charge in [0.05, 0.1) is 0 Å². The molecule has 0 radical (unpaired) electrons. The van der Waals surface area contributed by atoms with Crippen LogP contribution in [0, 0.1) is 0 Å². The summed E-state index contributed by atoms with van der Waals surface area (Å²) in [5.74, 6) is 1.74. The van der Waals surface area contributed by atoms with Crippen molar-refractivity contribution in [3.05, 3.63) is 40.6 Å². The summed E-state index contributed by atoms with van der Waals surface area (Å²) in [7, 11) is 0. The van der Waals surface area contributed by atoms with Gasteiger partial charge in [0.25, 0.3) is 0 Å². The summed E-state index contributed by atoms with van der Waals surface area (Å²) in [5.41, 5.74) is 1.82. The molecule has 3 aromatic rings. The van der Waals surface area contributed by atoms with E-state index in [1.165, 1.54) is 4.80 Å². The second kappa shape index (κ2) is 6.28. The van der Waals surface area contributed by atoms with E-state index < -0.39 is 0 Å². The van der Waals surface area contributed by atoms with E-state index in [1.807, 2.05) is 35.0 Å². The van der Waals surface area contributed by atoms with E-state index in [4.69, 9.17) is 9.47 Å². The summed E-state index contributed by atoms with van der Waals surface area (Å²) in [5, 5.41) is 18.7. The van der Waals surface area contributed by atoms with Crippen molar-refractivity contribution in [2.24, 2.45) is 0 Å². The Hall–Kier alpha value is -2.94. The highest BCUT2D eigenvalue weighted by Gasteiger charge is 2.14. The van der Waals surface area contributed by atoms with Gasteiger partial charge in [-0.05, 0) is 34.4 Å². The van der Waals surface area contributed by atoms with Crippen LogP contribution in [-0.4, -0.2) is 32.9 Å². The molecule has 0 spiro atoms. The topological polar surface area (TPSA) is 91.2 Å². The molecule has 8 nitrogen and oxygen atoms in total. The maximum absolute atomic E-state index is 12.0. The smallest absolute Gasteiger partial charge is 0.243 e. The predicted molar refractivity (Wildman–Crippen MR) is 85.5 cm³/mol. The largest absolute Gasteiger partial charge is 0.454 e. The minimum Gasteiger partial charge on any atom is -0.454 e. The van der Waals surface area contributed by atoms with Gasteiger partial charge in [-0.15, -0.1) is 10.2 Å². The Morgan fingerprint density at radius 1 is 1.29 bits per heavy atom. The molecule has 1 aliphatic heterocycles. The van der Waals surface area contributed by atoms with E-state index >= 15 is 0 Å². The van der Waals surface area contributed by atoms with Crippen molar-refractivity contribution in [2.75, 3.05) is 6.79 Å². The first-order chi connectivity index (χ1) is 11.8. The van der Waals surface area contributed by atoms with Crippen LogP contribution >= 0.6 is 11.3 Å². The molecule has 0 unspecified atom stereocenters. The van der Waals surface area contributed by atoms with Gasteiger partial charge in [0.1, 0.15) is 6.54 Å². The summed E-state index contributed by atoms with van der Waals surface area (Å²) in [6, 6.07) is 7.48. The van der Waals surface area contributed by atoms with E-state index in [0.717, 1.165) is 16.9 Å². The maximum atomic E-state index is 12.0. The number of thiophene rings is 1. The maximum Gasteiger partial charge on any atom is 0.243 e. The van der Waals surface area contributed by atoms with Gasteiger partial charge < -0.3 is 14.8 Å². The lowest BCUT2D eigenvalue weighted by Gasteiger charge is -2.05. The standard InChI is InChI=1S/C15H13N5O3S/c21-14(7-20-18-15(17-19-20)11-3-4-24-8-11)16-6-10-1-2-12-13(5-10)23-9-22-12/h1-5,8H,6-7,9H2,(H,16,21). The number of nitrogens with one attached hydrogen (secondary N) is 1. The van der Waals surface area contributed by atoms with Crippen LogP contribution in [0.5, 0.6) is 11.5 Å². The van der Waals surface area contributed by atoms with E-state index in [0.29, 0.717) is 18.1 Å². The Balaban J connectivity index is 1.34. The highest BCUT2D eigenvalue weighted by atomic mass is 32.1. The number of ether oxygens (including phenoxy) is 2. The molecule has 2 aromatic heterocycles. The number of hydrogen-bond acceptors (Lipinski definition) is 7. The molecule has 0 bridgehead atoms. The molecule has 3 heterocycles. The van der Waals surface area contributed by atoms with Gasteiger partial charge in [0.15, 0.2) is 11.5 Å². The van der Waals surface area contributed by atoms with Gasteiger partial charge in [-0.1, -0.05) is 6.07 Å². The van der Waals surface area contributed by atoms with Gasteiger partial charge in [-0.25, -0.2) is 0 Å². The number of carbonyl (C=O) groups excluding carboxylic acids is 1. The Labute approximate surface area is 141 Å². The highest BCUT2D eigenvalue weighted by molar-refractivity contribution is 7.08. The molecule has 1 aliphatic rings. The van der Waals surface area contributed by atoms with Crippen LogP contribution in [0.15, 0.2) is 35.0 Å². The van der Waals surface area contributed by atoms with Crippen molar-refractivity contribution in [3.63, 3.8) is 0 Å². The van der Waals surface area contributed by atoms with Crippen molar-refractivity contribution in [1.29, 1.82) is 0 Å². The molecular weight excluding hydrogens is 330 g/mol. The number of fused-ring (bicyclic) bond motifs is 1. The lowest BCUT2D eigenvalue weighted by molar-refractivity contribution is -0.122. The Morgan fingerprint density at radius 2 is 2.21 bits per heavy atom. The molecule has 1 N–H and O–H groups in total. The minimum atomic E-state index is -0.193. The fraction of sp³-hybridized carbons (Fsp3) is 0.200. The van der Waals surface area contributed by atoms with Crippen LogP contribution in [0.25, 0.3) is 11.4 Å². The van der Waals surface area contributed by atoms with Gasteiger partial charge >= 0.3 is 0 Å². The fourth-order valence-corrected chi connectivity index (χ4v) is 2.89. The van der Waals surface area contributed by atoms with E-state index in [2.05, 4.69) is 20.7 Å². The van der Waals surface area contributed by atoms with Crippen LogP contribution in [-0.2, 0) is 17.9 Å². The van der Waals surface area contributed by atoms with Crippen molar-refractivity contribution in [1.82, 2.24) is 25.5 Å². The Bertz CT molecular complexity index is 862. The van der Waals surface area contributed by atoms with Gasteiger partial charge in [0, 0.05) is 17.5 Å². The summed E-state index contributed by atoms with van der Waals surface area (Å²) < 4.78 is 10.6. The highest BCUT2D eigenvalue weighted by Crippen LogP contribution is 2.32. The van der Waals surface area contributed by atoms with Crippen LogP contribution in [0.2, 0.25) is 0 Å². The first kappa shape index (κ1) is 14.6. The average molecular weight is 343 g/mol. The molecule has 0 aliphatic carbocycles. The number of tetrazole rings is 1. The molecule has 0 atom stereocenters. The summed E-state index contributed by atoms with van der Waals surface area (Å²) in [6.07, 6.45) is 0. The SMILES string of the molecule is O=C(Cn1nnc(-c2ccsc2)n1)NCc1ccc2c(c1)OCO2.